The first-order valence-corrected chi connectivity index (χ1v) is 6.24. The SMILES string of the molecule is C#Cc1ccc(F)c(C2CC(C)SC(N)=N2)c1. The Bertz CT molecular complexity index is 505. The number of amidine groups is 1. The fraction of sp³-hybridized carbons (Fsp3) is 0.308. The van der Waals surface area contributed by atoms with Crippen LogP contribution in [0.15, 0.2) is 23.2 Å². The molecule has 17 heavy (non-hydrogen) atoms. The number of thioether (sulfide) groups is 1. The fourth-order valence-corrected chi connectivity index (χ4v) is 2.77. The van der Waals surface area contributed by atoms with Gasteiger partial charge in [0.1, 0.15) is 5.82 Å². The van der Waals surface area contributed by atoms with Gasteiger partial charge in [-0.1, -0.05) is 24.6 Å². The standard InChI is InChI=1S/C13H13FN2S/c1-3-9-4-5-11(14)10(7-9)12-6-8(2)17-13(15)16-12/h1,4-5,7-8,12H,6H2,2H3,(H2,15,16). The van der Waals surface area contributed by atoms with Crippen molar-refractivity contribution in [1.82, 2.24) is 0 Å². The molecule has 0 aliphatic carbocycles. The van der Waals surface area contributed by atoms with Crippen LogP contribution in [0.3, 0.4) is 0 Å². The van der Waals surface area contributed by atoms with Crippen molar-refractivity contribution in [2.24, 2.45) is 10.7 Å². The van der Waals surface area contributed by atoms with Crippen LogP contribution in [0.1, 0.15) is 30.5 Å². The maximum absolute atomic E-state index is 13.8. The van der Waals surface area contributed by atoms with Gasteiger partial charge in [0, 0.05) is 16.4 Å². The summed E-state index contributed by atoms with van der Waals surface area (Å²) in [6.07, 6.45) is 6.09. The van der Waals surface area contributed by atoms with Gasteiger partial charge < -0.3 is 5.73 Å². The molecule has 2 unspecified atom stereocenters. The molecule has 0 fully saturated rings. The maximum Gasteiger partial charge on any atom is 0.154 e. The van der Waals surface area contributed by atoms with Crippen molar-refractivity contribution < 1.29 is 4.39 Å². The van der Waals surface area contributed by atoms with E-state index in [1.807, 2.05) is 0 Å². The first kappa shape index (κ1) is 12.0. The highest BCUT2D eigenvalue weighted by Crippen LogP contribution is 2.34. The minimum Gasteiger partial charge on any atom is -0.379 e. The number of benzene rings is 1. The van der Waals surface area contributed by atoms with Gasteiger partial charge in [0.05, 0.1) is 6.04 Å². The molecule has 4 heteroatoms. The van der Waals surface area contributed by atoms with Crippen LogP contribution >= 0.6 is 11.8 Å². The van der Waals surface area contributed by atoms with Crippen molar-refractivity contribution in [1.29, 1.82) is 0 Å². The first-order chi connectivity index (χ1) is 8.10. The molecular formula is C13H13FN2S. The summed E-state index contributed by atoms with van der Waals surface area (Å²) in [5.41, 5.74) is 6.93. The summed E-state index contributed by atoms with van der Waals surface area (Å²) in [7, 11) is 0. The minimum absolute atomic E-state index is 0.223. The van der Waals surface area contributed by atoms with Crippen LogP contribution in [0.5, 0.6) is 0 Å². The van der Waals surface area contributed by atoms with Crippen molar-refractivity contribution in [3.63, 3.8) is 0 Å². The molecule has 2 rings (SSSR count). The van der Waals surface area contributed by atoms with Gasteiger partial charge in [-0.25, -0.2) is 4.39 Å². The lowest BCUT2D eigenvalue weighted by atomic mass is 10.00. The third kappa shape index (κ3) is 2.62. The highest BCUT2D eigenvalue weighted by molar-refractivity contribution is 8.14. The van der Waals surface area contributed by atoms with Gasteiger partial charge in [-0.3, -0.25) is 4.99 Å². The average Bonchev–Trinajstić information content (AvgIpc) is 2.28. The summed E-state index contributed by atoms with van der Waals surface area (Å²) in [5.74, 6) is 2.23. The van der Waals surface area contributed by atoms with Gasteiger partial charge in [-0.15, -0.1) is 6.42 Å². The zero-order valence-electron chi connectivity index (χ0n) is 9.48. The van der Waals surface area contributed by atoms with E-state index in [1.165, 1.54) is 17.8 Å². The molecular weight excluding hydrogens is 235 g/mol. The van der Waals surface area contributed by atoms with E-state index in [0.29, 0.717) is 21.5 Å². The van der Waals surface area contributed by atoms with Gasteiger partial charge >= 0.3 is 0 Å². The van der Waals surface area contributed by atoms with Gasteiger partial charge in [0.15, 0.2) is 5.17 Å². The second-order valence-electron chi connectivity index (χ2n) is 4.03. The largest absolute Gasteiger partial charge is 0.379 e. The van der Waals surface area contributed by atoms with E-state index in [0.717, 1.165) is 6.42 Å². The molecule has 88 valence electrons. The monoisotopic (exact) mass is 248 g/mol. The minimum atomic E-state index is -0.273. The second-order valence-corrected chi connectivity index (χ2v) is 5.49. The highest BCUT2D eigenvalue weighted by Gasteiger charge is 2.23. The van der Waals surface area contributed by atoms with Gasteiger partial charge in [0.2, 0.25) is 0 Å². The van der Waals surface area contributed by atoms with Crippen molar-refractivity contribution in [2.75, 3.05) is 0 Å². The number of rotatable bonds is 1. The molecule has 1 heterocycles. The van der Waals surface area contributed by atoms with Crippen molar-refractivity contribution in [3.05, 3.63) is 35.1 Å². The third-order valence-electron chi connectivity index (χ3n) is 2.68. The molecule has 2 N–H and O–H groups in total. The second kappa shape index (κ2) is 4.80. The van der Waals surface area contributed by atoms with Crippen LogP contribution in [0.4, 0.5) is 4.39 Å². The molecule has 0 bridgehead atoms. The van der Waals surface area contributed by atoms with Gasteiger partial charge in [-0.05, 0) is 24.6 Å². The molecule has 0 aromatic heterocycles. The third-order valence-corrected chi connectivity index (χ3v) is 3.62. The summed E-state index contributed by atoms with van der Waals surface area (Å²) >= 11 is 1.52. The van der Waals surface area contributed by atoms with Crippen LogP contribution in [-0.4, -0.2) is 10.4 Å². The number of nitrogens with zero attached hydrogens (tertiary/aromatic N) is 1. The molecule has 0 saturated carbocycles. The average molecular weight is 248 g/mol. The normalized spacial score (nSPS) is 23.9. The van der Waals surface area contributed by atoms with E-state index in [2.05, 4.69) is 17.8 Å². The Labute approximate surface area is 105 Å². The van der Waals surface area contributed by atoms with Gasteiger partial charge in [-0.2, -0.15) is 0 Å². The Hall–Kier alpha value is -1.47. The first-order valence-electron chi connectivity index (χ1n) is 5.36. The zero-order valence-corrected chi connectivity index (χ0v) is 10.3. The molecule has 0 amide bonds. The number of halogens is 1. The zero-order chi connectivity index (χ0) is 12.4. The van der Waals surface area contributed by atoms with Crippen LogP contribution in [-0.2, 0) is 0 Å². The summed E-state index contributed by atoms with van der Waals surface area (Å²) in [4.78, 5) is 4.29. The lowest BCUT2D eigenvalue weighted by molar-refractivity contribution is 0.562. The van der Waals surface area contributed by atoms with E-state index in [4.69, 9.17) is 12.2 Å². The van der Waals surface area contributed by atoms with E-state index >= 15 is 0 Å². The Kier molecular flexibility index (Phi) is 3.39. The van der Waals surface area contributed by atoms with Crippen LogP contribution in [0, 0.1) is 18.2 Å². The molecule has 0 radical (unpaired) electrons. The number of terminal acetylenes is 1. The predicted octanol–water partition coefficient (Wildman–Crippen LogP) is 2.69. The van der Waals surface area contributed by atoms with E-state index in [-0.39, 0.29) is 11.9 Å². The summed E-state index contributed by atoms with van der Waals surface area (Å²) in [5, 5.41) is 0.852. The lowest BCUT2D eigenvalue weighted by Crippen LogP contribution is -2.21. The Morgan fingerprint density at radius 1 is 1.59 bits per heavy atom. The fourth-order valence-electron chi connectivity index (χ4n) is 1.89. The number of aliphatic imine (C=N–C) groups is 1. The molecule has 0 spiro atoms. The quantitative estimate of drug-likeness (QED) is 0.776. The van der Waals surface area contributed by atoms with Crippen LogP contribution in [0.2, 0.25) is 0 Å². The smallest absolute Gasteiger partial charge is 0.154 e. The van der Waals surface area contributed by atoms with Crippen molar-refractivity contribution in [3.8, 4) is 12.3 Å². The van der Waals surface area contributed by atoms with Crippen molar-refractivity contribution in [2.45, 2.75) is 24.6 Å². The molecule has 1 aliphatic rings. The molecule has 1 aliphatic heterocycles. The van der Waals surface area contributed by atoms with E-state index in [9.17, 15) is 4.39 Å². The number of nitrogens with two attached hydrogens (primary N) is 1. The molecule has 2 atom stereocenters. The van der Waals surface area contributed by atoms with Gasteiger partial charge in [0.25, 0.3) is 0 Å². The summed E-state index contributed by atoms with van der Waals surface area (Å²) < 4.78 is 13.8. The highest BCUT2D eigenvalue weighted by atomic mass is 32.2. The molecule has 2 nitrogen and oxygen atoms in total. The topological polar surface area (TPSA) is 38.4 Å². The predicted molar refractivity (Wildman–Crippen MR) is 70.4 cm³/mol. The molecule has 0 saturated heterocycles. The number of hydrogen-bond donors (Lipinski definition) is 1. The number of hydrogen-bond acceptors (Lipinski definition) is 3. The Morgan fingerprint density at radius 3 is 3.00 bits per heavy atom. The van der Waals surface area contributed by atoms with E-state index < -0.39 is 0 Å². The lowest BCUT2D eigenvalue weighted by Gasteiger charge is -2.23. The Balaban J connectivity index is 2.40. The molecule has 1 aromatic carbocycles. The summed E-state index contributed by atoms with van der Waals surface area (Å²) in [6.45, 7) is 2.06. The maximum atomic E-state index is 13.8. The summed E-state index contributed by atoms with van der Waals surface area (Å²) in [6, 6.07) is 4.44. The van der Waals surface area contributed by atoms with E-state index in [1.54, 1.807) is 12.1 Å². The van der Waals surface area contributed by atoms with Crippen LogP contribution in [0.25, 0.3) is 0 Å². The van der Waals surface area contributed by atoms with Crippen LogP contribution < -0.4 is 5.73 Å². The van der Waals surface area contributed by atoms with Crippen molar-refractivity contribution >= 4 is 16.9 Å². The molecule has 1 aromatic rings. The Morgan fingerprint density at radius 2 is 2.35 bits per heavy atom.